The zero-order chi connectivity index (χ0) is 14.8. The summed E-state index contributed by atoms with van der Waals surface area (Å²) in [5.41, 5.74) is 3.79. The SMILES string of the molecule is NNc1ccc(CN2CCC3CCCCC32)cc1[N+](=O)[O-]. The number of anilines is 1. The Morgan fingerprint density at radius 3 is 2.90 bits per heavy atom. The monoisotopic (exact) mass is 290 g/mol. The molecule has 6 heteroatoms. The Balaban J connectivity index is 1.76. The van der Waals surface area contributed by atoms with Crippen molar-refractivity contribution in [3.05, 3.63) is 33.9 Å². The van der Waals surface area contributed by atoms with Crippen LogP contribution < -0.4 is 11.3 Å². The molecule has 2 unspecified atom stereocenters. The zero-order valence-electron chi connectivity index (χ0n) is 12.1. The molecule has 2 aliphatic rings. The lowest BCUT2D eigenvalue weighted by atomic mass is 9.85. The lowest BCUT2D eigenvalue weighted by Crippen LogP contribution is -2.34. The molecule has 0 amide bonds. The summed E-state index contributed by atoms with van der Waals surface area (Å²) in [4.78, 5) is 13.2. The summed E-state index contributed by atoms with van der Waals surface area (Å²) in [6.07, 6.45) is 6.56. The van der Waals surface area contributed by atoms with Crippen molar-refractivity contribution >= 4 is 11.4 Å². The van der Waals surface area contributed by atoms with Gasteiger partial charge in [0, 0.05) is 18.7 Å². The summed E-state index contributed by atoms with van der Waals surface area (Å²) in [5.74, 6) is 6.16. The smallest absolute Gasteiger partial charge is 0.293 e. The second kappa shape index (κ2) is 5.99. The maximum Gasteiger partial charge on any atom is 0.293 e. The van der Waals surface area contributed by atoms with E-state index in [0.29, 0.717) is 11.7 Å². The van der Waals surface area contributed by atoms with E-state index in [9.17, 15) is 10.1 Å². The molecule has 0 spiro atoms. The van der Waals surface area contributed by atoms with E-state index in [1.165, 1.54) is 32.1 Å². The number of hydrogen-bond donors (Lipinski definition) is 2. The van der Waals surface area contributed by atoms with Crippen molar-refractivity contribution in [2.75, 3.05) is 12.0 Å². The second-order valence-corrected chi connectivity index (χ2v) is 6.12. The number of nitrogens with two attached hydrogens (primary N) is 1. The number of hydrogen-bond acceptors (Lipinski definition) is 5. The predicted octanol–water partition coefficient (Wildman–Crippen LogP) is 2.64. The fourth-order valence-corrected chi connectivity index (χ4v) is 3.88. The minimum Gasteiger partial charge on any atom is -0.318 e. The molecule has 2 fully saturated rings. The van der Waals surface area contributed by atoms with Gasteiger partial charge in [-0.1, -0.05) is 18.9 Å². The molecule has 1 saturated heterocycles. The quantitative estimate of drug-likeness (QED) is 0.506. The van der Waals surface area contributed by atoms with Crippen LogP contribution in [-0.4, -0.2) is 22.4 Å². The van der Waals surface area contributed by atoms with Gasteiger partial charge in [0.25, 0.3) is 5.69 Å². The lowest BCUT2D eigenvalue weighted by molar-refractivity contribution is -0.384. The van der Waals surface area contributed by atoms with E-state index in [2.05, 4.69) is 10.3 Å². The minimum absolute atomic E-state index is 0.0504. The topological polar surface area (TPSA) is 84.4 Å². The van der Waals surface area contributed by atoms with Gasteiger partial charge >= 0.3 is 0 Å². The van der Waals surface area contributed by atoms with Gasteiger partial charge in [0.2, 0.25) is 0 Å². The number of nitrogens with zero attached hydrogens (tertiary/aromatic N) is 2. The zero-order valence-corrected chi connectivity index (χ0v) is 12.1. The Labute approximate surface area is 124 Å². The van der Waals surface area contributed by atoms with Crippen LogP contribution in [0.2, 0.25) is 0 Å². The fraction of sp³-hybridized carbons (Fsp3) is 0.600. The van der Waals surface area contributed by atoms with Crippen LogP contribution in [0.4, 0.5) is 11.4 Å². The van der Waals surface area contributed by atoms with Crippen LogP contribution in [0.25, 0.3) is 0 Å². The summed E-state index contributed by atoms with van der Waals surface area (Å²) in [6, 6.07) is 5.94. The van der Waals surface area contributed by atoms with Crippen LogP contribution in [0.1, 0.15) is 37.7 Å². The molecule has 0 bridgehead atoms. The second-order valence-electron chi connectivity index (χ2n) is 6.12. The predicted molar refractivity (Wildman–Crippen MR) is 81.7 cm³/mol. The van der Waals surface area contributed by atoms with Crippen molar-refractivity contribution < 1.29 is 4.92 Å². The number of nitrogens with one attached hydrogen (secondary N) is 1. The van der Waals surface area contributed by atoms with Gasteiger partial charge in [0.1, 0.15) is 5.69 Å². The first-order valence-corrected chi connectivity index (χ1v) is 7.67. The number of nitrogen functional groups attached to an aromatic ring is 1. The molecule has 1 heterocycles. The van der Waals surface area contributed by atoms with Crippen LogP contribution in [0, 0.1) is 16.0 Å². The van der Waals surface area contributed by atoms with Crippen molar-refractivity contribution in [1.82, 2.24) is 4.90 Å². The van der Waals surface area contributed by atoms with Crippen LogP contribution >= 0.6 is 0 Å². The van der Waals surface area contributed by atoms with E-state index in [-0.39, 0.29) is 10.6 Å². The average Bonchev–Trinajstić information content (AvgIpc) is 2.90. The molecule has 0 aromatic heterocycles. The summed E-state index contributed by atoms with van der Waals surface area (Å²) in [5, 5.41) is 11.1. The van der Waals surface area contributed by atoms with Crippen molar-refractivity contribution in [1.29, 1.82) is 0 Å². The van der Waals surface area contributed by atoms with Crippen molar-refractivity contribution in [2.24, 2.45) is 11.8 Å². The molecule has 21 heavy (non-hydrogen) atoms. The van der Waals surface area contributed by atoms with Crippen molar-refractivity contribution in [2.45, 2.75) is 44.7 Å². The normalized spacial score (nSPS) is 25.6. The highest BCUT2D eigenvalue weighted by atomic mass is 16.6. The minimum atomic E-state index is -0.383. The molecule has 1 aliphatic carbocycles. The summed E-state index contributed by atoms with van der Waals surface area (Å²) in [7, 11) is 0. The molecule has 3 rings (SSSR count). The number of nitro groups is 1. The summed E-state index contributed by atoms with van der Waals surface area (Å²) in [6.45, 7) is 1.91. The third-order valence-electron chi connectivity index (χ3n) is 4.93. The number of nitro benzene ring substituents is 1. The van der Waals surface area contributed by atoms with Gasteiger partial charge in [-0.15, -0.1) is 0 Å². The molecule has 114 valence electrons. The van der Waals surface area contributed by atoms with E-state index in [1.54, 1.807) is 12.1 Å². The molecule has 1 aromatic carbocycles. The van der Waals surface area contributed by atoms with Crippen LogP contribution in [0.5, 0.6) is 0 Å². The van der Waals surface area contributed by atoms with Gasteiger partial charge in [-0.3, -0.25) is 20.9 Å². The molecule has 1 aromatic rings. The van der Waals surface area contributed by atoms with E-state index < -0.39 is 0 Å². The van der Waals surface area contributed by atoms with Gasteiger partial charge in [0.05, 0.1) is 4.92 Å². The molecule has 0 radical (unpaired) electrons. The number of benzene rings is 1. The Morgan fingerprint density at radius 2 is 2.14 bits per heavy atom. The molecular weight excluding hydrogens is 268 g/mol. The van der Waals surface area contributed by atoms with E-state index >= 15 is 0 Å². The Bertz CT molecular complexity index is 534. The maximum atomic E-state index is 11.1. The molecule has 6 nitrogen and oxygen atoms in total. The Hall–Kier alpha value is -1.66. The first-order valence-electron chi connectivity index (χ1n) is 7.67. The van der Waals surface area contributed by atoms with Crippen molar-refractivity contribution in [3.63, 3.8) is 0 Å². The van der Waals surface area contributed by atoms with E-state index in [0.717, 1.165) is 24.6 Å². The van der Waals surface area contributed by atoms with Gasteiger partial charge < -0.3 is 5.43 Å². The third kappa shape index (κ3) is 2.87. The molecular formula is C15H22N4O2. The number of likely N-dealkylation sites (tertiary alicyclic amines) is 1. The largest absolute Gasteiger partial charge is 0.318 e. The lowest BCUT2D eigenvalue weighted by Gasteiger charge is -2.31. The highest BCUT2D eigenvalue weighted by Crippen LogP contribution is 2.37. The fourth-order valence-electron chi connectivity index (χ4n) is 3.88. The summed E-state index contributed by atoms with van der Waals surface area (Å²) < 4.78 is 0. The number of hydrazine groups is 1. The summed E-state index contributed by atoms with van der Waals surface area (Å²) >= 11 is 0. The van der Waals surface area contributed by atoms with E-state index in [1.807, 2.05) is 6.07 Å². The molecule has 3 N–H and O–H groups in total. The first-order chi connectivity index (χ1) is 10.2. The molecule has 1 saturated carbocycles. The highest BCUT2D eigenvalue weighted by Gasteiger charge is 2.35. The number of rotatable bonds is 4. The standard InChI is InChI=1S/C15H22N4O2/c16-17-13-6-5-11(9-15(13)19(20)21)10-18-8-7-12-3-1-2-4-14(12)18/h5-6,9,12,14,17H,1-4,7-8,10,16H2. The van der Waals surface area contributed by atoms with Crippen LogP contribution in [0.3, 0.4) is 0 Å². The highest BCUT2D eigenvalue weighted by molar-refractivity contribution is 5.61. The number of fused-ring (bicyclic) bond motifs is 1. The maximum absolute atomic E-state index is 11.1. The van der Waals surface area contributed by atoms with Gasteiger partial charge in [-0.05, 0) is 43.4 Å². The third-order valence-corrected chi connectivity index (χ3v) is 4.93. The molecule has 2 atom stereocenters. The van der Waals surface area contributed by atoms with Crippen LogP contribution in [0.15, 0.2) is 18.2 Å². The van der Waals surface area contributed by atoms with E-state index in [4.69, 9.17) is 5.84 Å². The van der Waals surface area contributed by atoms with Crippen molar-refractivity contribution in [3.8, 4) is 0 Å². The van der Waals surface area contributed by atoms with Gasteiger partial charge in [-0.25, -0.2) is 0 Å². The van der Waals surface area contributed by atoms with Gasteiger partial charge in [-0.2, -0.15) is 0 Å². The van der Waals surface area contributed by atoms with Gasteiger partial charge in [0.15, 0.2) is 0 Å². The average molecular weight is 290 g/mol. The van der Waals surface area contributed by atoms with Crippen LogP contribution in [-0.2, 0) is 6.54 Å². The Kier molecular flexibility index (Phi) is 4.07. The molecule has 1 aliphatic heterocycles. The first kappa shape index (κ1) is 14.3. The Morgan fingerprint density at radius 1 is 1.33 bits per heavy atom.